The Morgan fingerprint density at radius 1 is 1.14 bits per heavy atom. The van der Waals surface area contributed by atoms with E-state index >= 15 is 0 Å². The summed E-state index contributed by atoms with van der Waals surface area (Å²) in [5.41, 5.74) is 4.03. The first-order valence-corrected chi connectivity index (χ1v) is 11.2. The van der Waals surface area contributed by atoms with Crippen LogP contribution in [0.25, 0.3) is 23.0 Å². The summed E-state index contributed by atoms with van der Waals surface area (Å²) in [5.74, 6) is 1.15. The molecule has 35 heavy (non-hydrogen) atoms. The first-order valence-electron chi connectivity index (χ1n) is 10.8. The molecule has 1 aliphatic rings. The second kappa shape index (κ2) is 9.48. The number of carbonyl (C=O) groups excluding carboxylic acids is 2. The van der Waals surface area contributed by atoms with E-state index in [0.29, 0.717) is 45.8 Å². The van der Waals surface area contributed by atoms with E-state index < -0.39 is 0 Å². The molecule has 8 heteroatoms. The Morgan fingerprint density at radius 2 is 2.03 bits per heavy atom. The molecule has 3 heterocycles. The lowest BCUT2D eigenvalue weighted by Crippen LogP contribution is -2.22. The third-order valence-corrected chi connectivity index (χ3v) is 5.78. The van der Waals surface area contributed by atoms with Gasteiger partial charge in [0.05, 0.1) is 12.7 Å². The van der Waals surface area contributed by atoms with Crippen LogP contribution in [0.15, 0.2) is 77.3 Å². The van der Waals surface area contributed by atoms with E-state index in [-0.39, 0.29) is 11.8 Å². The quantitative estimate of drug-likeness (QED) is 0.355. The molecule has 2 amide bonds. The highest BCUT2D eigenvalue weighted by Crippen LogP contribution is 2.35. The molecule has 0 radical (unpaired) electrons. The van der Waals surface area contributed by atoms with Gasteiger partial charge in [-0.1, -0.05) is 23.7 Å². The molecule has 0 spiro atoms. The number of furan rings is 1. The largest absolute Gasteiger partial charge is 0.481 e. The summed E-state index contributed by atoms with van der Waals surface area (Å²) < 4.78 is 11.1. The molecule has 7 nitrogen and oxygen atoms in total. The molecule has 2 aromatic carbocycles. The van der Waals surface area contributed by atoms with Crippen LogP contribution in [-0.2, 0) is 11.3 Å². The number of nitrogens with zero attached hydrogens (tertiary/aromatic N) is 1. The number of methoxy groups -OCH3 is 1. The normalized spacial score (nSPS) is 13.4. The summed E-state index contributed by atoms with van der Waals surface area (Å²) in [4.78, 5) is 29.2. The van der Waals surface area contributed by atoms with Gasteiger partial charge in [-0.25, -0.2) is 4.98 Å². The van der Waals surface area contributed by atoms with Gasteiger partial charge < -0.3 is 19.8 Å². The fourth-order valence-electron chi connectivity index (χ4n) is 3.80. The molecule has 5 rings (SSSR count). The molecule has 0 fully saturated rings. The van der Waals surface area contributed by atoms with Crippen molar-refractivity contribution in [2.24, 2.45) is 0 Å². The number of nitrogens with one attached hydrogen (secondary N) is 2. The number of rotatable bonds is 6. The third-order valence-electron chi connectivity index (χ3n) is 5.55. The summed E-state index contributed by atoms with van der Waals surface area (Å²) >= 11 is 6.10. The van der Waals surface area contributed by atoms with Crippen LogP contribution in [-0.4, -0.2) is 23.9 Å². The molecule has 0 unspecified atom stereocenters. The molecule has 2 aromatic heterocycles. The van der Waals surface area contributed by atoms with E-state index in [4.69, 9.17) is 20.8 Å². The molecular formula is C27H20ClN3O4. The van der Waals surface area contributed by atoms with Crippen LogP contribution in [0.4, 0.5) is 5.69 Å². The van der Waals surface area contributed by atoms with Crippen LogP contribution >= 0.6 is 11.6 Å². The lowest BCUT2D eigenvalue weighted by molar-refractivity contribution is -0.110. The van der Waals surface area contributed by atoms with Crippen molar-refractivity contribution >= 4 is 40.8 Å². The van der Waals surface area contributed by atoms with Crippen molar-refractivity contribution < 1.29 is 18.7 Å². The number of hydrogen-bond acceptors (Lipinski definition) is 5. The SMILES string of the molecule is COc1cc(CNC(=O)c2cccc(-c3ccc(/C=C4/C(=O)Nc5ccc(Cl)cc54)o3)c2)ccn1. The summed E-state index contributed by atoms with van der Waals surface area (Å²) in [5, 5.41) is 6.27. The second-order valence-corrected chi connectivity index (χ2v) is 8.31. The first-order chi connectivity index (χ1) is 17.0. The van der Waals surface area contributed by atoms with Crippen molar-refractivity contribution in [3.8, 4) is 17.2 Å². The smallest absolute Gasteiger partial charge is 0.256 e. The van der Waals surface area contributed by atoms with E-state index in [0.717, 1.165) is 16.7 Å². The van der Waals surface area contributed by atoms with Gasteiger partial charge in [-0.15, -0.1) is 0 Å². The molecule has 0 aliphatic carbocycles. The predicted octanol–water partition coefficient (Wildman–Crippen LogP) is 5.43. The van der Waals surface area contributed by atoms with Crippen LogP contribution in [0, 0.1) is 0 Å². The molecule has 0 saturated heterocycles. The van der Waals surface area contributed by atoms with Gasteiger partial charge in [0.1, 0.15) is 11.5 Å². The average molecular weight is 486 g/mol. The van der Waals surface area contributed by atoms with Gasteiger partial charge in [0.2, 0.25) is 5.88 Å². The number of benzene rings is 2. The van der Waals surface area contributed by atoms with Crippen molar-refractivity contribution in [3.05, 3.63) is 100 Å². The highest BCUT2D eigenvalue weighted by molar-refractivity contribution is 6.36. The highest BCUT2D eigenvalue weighted by atomic mass is 35.5. The standard InChI is InChI=1S/C27H20ClN3O4/c1-34-25-11-16(9-10-29-25)15-30-26(32)18-4-2-3-17(12-18)24-8-6-20(35-24)14-22-21-13-19(28)5-7-23(21)31-27(22)33/h2-14H,15H2,1H3,(H,30,32)(H,31,33)/b22-14+. The molecule has 0 atom stereocenters. The monoisotopic (exact) mass is 485 g/mol. The van der Waals surface area contributed by atoms with E-state index in [1.54, 1.807) is 74.0 Å². The van der Waals surface area contributed by atoms with Gasteiger partial charge in [-0.2, -0.15) is 0 Å². The molecule has 1 aliphatic heterocycles. The van der Waals surface area contributed by atoms with E-state index in [1.165, 1.54) is 0 Å². The van der Waals surface area contributed by atoms with Crippen molar-refractivity contribution in [1.82, 2.24) is 10.3 Å². The van der Waals surface area contributed by atoms with Gasteiger partial charge in [0.15, 0.2) is 0 Å². The molecule has 2 N–H and O–H groups in total. The summed E-state index contributed by atoms with van der Waals surface area (Å²) in [6.07, 6.45) is 3.31. The number of fused-ring (bicyclic) bond motifs is 1. The number of halogens is 1. The van der Waals surface area contributed by atoms with E-state index in [1.807, 2.05) is 12.1 Å². The summed E-state index contributed by atoms with van der Waals surface area (Å²) in [7, 11) is 1.55. The number of pyridine rings is 1. The molecule has 0 saturated carbocycles. The van der Waals surface area contributed by atoms with Crippen molar-refractivity contribution in [1.29, 1.82) is 0 Å². The maximum atomic E-state index is 12.7. The van der Waals surface area contributed by atoms with E-state index in [2.05, 4.69) is 15.6 Å². The van der Waals surface area contributed by atoms with Crippen molar-refractivity contribution in [2.75, 3.05) is 12.4 Å². The fourth-order valence-corrected chi connectivity index (χ4v) is 3.97. The average Bonchev–Trinajstić information content (AvgIpc) is 3.47. The Hall–Kier alpha value is -4.36. The van der Waals surface area contributed by atoms with Gasteiger partial charge in [0.25, 0.3) is 11.8 Å². The van der Waals surface area contributed by atoms with Crippen LogP contribution in [0.1, 0.15) is 27.2 Å². The highest BCUT2D eigenvalue weighted by Gasteiger charge is 2.24. The van der Waals surface area contributed by atoms with Gasteiger partial charge >= 0.3 is 0 Å². The second-order valence-electron chi connectivity index (χ2n) is 7.87. The Morgan fingerprint density at radius 3 is 2.89 bits per heavy atom. The zero-order valence-electron chi connectivity index (χ0n) is 18.7. The minimum atomic E-state index is -0.217. The Kier molecular flexibility index (Phi) is 6.08. The van der Waals surface area contributed by atoms with Crippen LogP contribution in [0.5, 0.6) is 5.88 Å². The lowest BCUT2D eigenvalue weighted by Gasteiger charge is -2.07. The topological polar surface area (TPSA) is 93.5 Å². The third kappa shape index (κ3) is 4.81. The molecule has 0 bridgehead atoms. The van der Waals surface area contributed by atoms with Crippen LogP contribution in [0.3, 0.4) is 0 Å². The number of carbonyl (C=O) groups is 2. The zero-order chi connectivity index (χ0) is 24.4. The lowest BCUT2D eigenvalue weighted by atomic mass is 10.1. The van der Waals surface area contributed by atoms with E-state index in [9.17, 15) is 9.59 Å². The van der Waals surface area contributed by atoms with Gasteiger partial charge in [-0.3, -0.25) is 9.59 Å². The number of aromatic nitrogens is 1. The number of anilines is 1. The maximum Gasteiger partial charge on any atom is 0.256 e. The number of ether oxygens (including phenoxy) is 1. The zero-order valence-corrected chi connectivity index (χ0v) is 19.4. The minimum Gasteiger partial charge on any atom is -0.481 e. The Bertz CT molecular complexity index is 1470. The number of hydrogen-bond donors (Lipinski definition) is 2. The Labute approximate surface area is 206 Å². The minimum absolute atomic E-state index is 0.215. The molecule has 4 aromatic rings. The van der Waals surface area contributed by atoms with Crippen molar-refractivity contribution in [2.45, 2.75) is 6.54 Å². The Balaban J connectivity index is 1.33. The molecule has 174 valence electrons. The van der Waals surface area contributed by atoms with Crippen molar-refractivity contribution in [3.63, 3.8) is 0 Å². The summed E-state index contributed by atoms with van der Waals surface area (Å²) in [6.45, 7) is 0.341. The van der Waals surface area contributed by atoms with Gasteiger partial charge in [0, 0.05) is 46.2 Å². The summed E-state index contributed by atoms with van der Waals surface area (Å²) in [6, 6.07) is 19.6. The predicted molar refractivity (Wildman–Crippen MR) is 134 cm³/mol. The first kappa shape index (κ1) is 22.4. The van der Waals surface area contributed by atoms with Gasteiger partial charge in [-0.05, 0) is 60.2 Å². The maximum absolute atomic E-state index is 12.7. The number of amides is 2. The van der Waals surface area contributed by atoms with Crippen LogP contribution in [0.2, 0.25) is 5.02 Å². The fraction of sp³-hybridized carbons (Fsp3) is 0.0741. The molecular weight excluding hydrogens is 466 g/mol. The van der Waals surface area contributed by atoms with Crippen LogP contribution < -0.4 is 15.4 Å².